The van der Waals surface area contributed by atoms with E-state index >= 15 is 0 Å². The molecule has 1 aromatic carbocycles. The maximum atomic E-state index is 12.9. The molecule has 0 aliphatic carbocycles. The lowest BCUT2D eigenvalue weighted by Gasteiger charge is -2.41. The van der Waals surface area contributed by atoms with E-state index in [1.807, 2.05) is 43.1 Å². The van der Waals surface area contributed by atoms with Crippen molar-refractivity contribution in [1.82, 2.24) is 9.99 Å². The summed E-state index contributed by atoms with van der Waals surface area (Å²) in [6.07, 6.45) is 1.80. The minimum absolute atomic E-state index is 0.0634. The zero-order valence-corrected chi connectivity index (χ0v) is 20.9. The number of methoxy groups -OCH3 is 3. The third kappa shape index (κ3) is 5.63. The number of hydrogen-bond donors (Lipinski definition) is 2. The Morgan fingerprint density at radius 1 is 1.15 bits per heavy atom. The lowest BCUT2D eigenvalue weighted by molar-refractivity contribution is -0.115. The molecule has 0 amide bonds. The Kier molecular flexibility index (Phi) is 8.28. The van der Waals surface area contributed by atoms with Crippen molar-refractivity contribution >= 4 is 28.3 Å². The molecule has 1 aromatic heterocycles. The molecule has 2 unspecified atom stereocenters. The third-order valence-electron chi connectivity index (χ3n) is 5.72. The molecule has 1 fully saturated rings. The molecule has 2 atom stereocenters. The van der Waals surface area contributed by atoms with Gasteiger partial charge >= 0.3 is 0 Å². The van der Waals surface area contributed by atoms with Crippen LogP contribution in [0, 0.1) is 6.92 Å². The van der Waals surface area contributed by atoms with Crippen LogP contribution in [0.15, 0.2) is 24.3 Å². The molecule has 0 spiro atoms. The van der Waals surface area contributed by atoms with Gasteiger partial charge in [0.25, 0.3) is 0 Å². The first kappa shape index (κ1) is 24.9. The first-order chi connectivity index (χ1) is 15.8. The number of ether oxygens (including phenoxy) is 3. The molecular weight excluding hydrogens is 442 g/mol. The molecule has 1 aliphatic rings. The van der Waals surface area contributed by atoms with Crippen LogP contribution in [0.4, 0.5) is 11.4 Å². The summed E-state index contributed by atoms with van der Waals surface area (Å²) >= 11 is 1.22. The highest BCUT2D eigenvalue weighted by atomic mass is 32.2. The number of hydrogen-bond acceptors (Lipinski definition) is 10. The Hall–Kier alpha value is -2.69. The van der Waals surface area contributed by atoms with E-state index in [9.17, 15) is 4.79 Å². The van der Waals surface area contributed by atoms with Gasteiger partial charge in [-0.1, -0.05) is 11.8 Å². The molecule has 3 N–H and O–H groups in total. The van der Waals surface area contributed by atoms with Crippen LogP contribution in [-0.4, -0.2) is 68.4 Å². The van der Waals surface area contributed by atoms with E-state index in [0.29, 0.717) is 42.7 Å². The summed E-state index contributed by atoms with van der Waals surface area (Å²) in [5.41, 5.74) is 12.9. The number of carbonyl (C=O) groups excluding carboxylic acids is 1. The molecule has 1 saturated heterocycles. The number of anilines is 2. The van der Waals surface area contributed by atoms with E-state index < -0.39 is 6.04 Å². The minimum atomic E-state index is -0.393. The van der Waals surface area contributed by atoms with Gasteiger partial charge in [-0.3, -0.25) is 4.79 Å². The highest BCUT2D eigenvalue weighted by molar-refractivity contribution is 8.13. The Labute approximate surface area is 199 Å². The maximum Gasteiger partial charge on any atom is 0.238 e. The van der Waals surface area contributed by atoms with Crippen LogP contribution >= 0.6 is 11.8 Å². The van der Waals surface area contributed by atoms with Gasteiger partial charge in [-0.05, 0) is 31.7 Å². The summed E-state index contributed by atoms with van der Waals surface area (Å²) in [4.78, 5) is 19.6. The summed E-state index contributed by atoms with van der Waals surface area (Å²) < 4.78 is 16.3. The van der Waals surface area contributed by atoms with Crippen LogP contribution in [0.5, 0.6) is 17.4 Å². The number of nitrogens with one attached hydrogen (secondary N) is 1. The van der Waals surface area contributed by atoms with Gasteiger partial charge in [0.05, 0.1) is 21.3 Å². The molecule has 0 saturated carbocycles. The van der Waals surface area contributed by atoms with Gasteiger partial charge in [-0.15, -0.1) is 0 Å². The molecule has 10 heteroatoms. The normalized spacial score (nSPS) is 17.4. The number of rotatable bonds is 8. The van der Waals surface area contributed by atoms with Gasteiger partial charge in [-0.25, -0.2) is 9.99 Å². The van der Waals surface area contributed by atoms with Gasteiger partial charge in [0.2, 0.25) is 11.0 Å². The number of nitrogens with zero attached hydrogens (tertiary/aromatic N) is 3. The Morgan fingerprint density at radius 2 is 1.82 bits per heavy atom. The van der Waals surface area contributed by atoms with Crippen molar-refractivity contribution < 1.29 is 19.0 Å². The summed E-state index contributed by atoms with van der Waals surface area (Å²) in [6, 6.07) is 7.12. The number of benzene rings is 1. The third-order valence-corrected chi connectivity index (χ3v) is 6.39. The summed E-state index contributed by atoms with van der Waals surface area (Å²) in [6.45, 7) is 5.63. The zero-order chi connectivity index (χ0) is 24.1. The highest BCUT2D eigenvalue weighted by Gasteiger charge is 2.33. The topological polar surface area (TPSA) is 102 Å². The Balaban J connectivity index is 1.89. The van der Waals surface area contributed by atoms with Gasteiger partial charge in [0, 0.05) is 55.3 Å². The average Bonchev–Trinajstić information content (AvgIpc) is 2.83. The maximum absolute atomic E-state index is 12.9. The van der Waals surface area contributed by atoms with Crippen molar-refractivity contribution in [2.45, 2.75) is 25.9 Å². The first-order valence-electron chi connectivity index (χ1n) is 10.7. The number of thioether (sulfide) groups is 1. The number of hydrazine groups is 1. The second kappa shape index (κ2) is 11.0. The number of carbonyl (C=O) groups is 1. The second-order valence-corrected chi connectivity index (χ2v) is 8.68. The molecular formula is C23H33N5O4S. The van der Waals surface area contributed by atoms with Crippen LogP contribution in [0.25, 0.3) is 0 Å². The van der Waals surface area contributed by atoms with Crippen molar-refractivity contribution in [2.24, 2.45) is 5.73 Å². The van der Waals surface area contributed by atoms with Crippen molar-refractivity contribution in [2.75, 3.05) is 57.5 Å². The van der Waals surface area contributed by atoms with E-state index in [0.717, 1.165) is 16.9 Å². The van der Waals surface area contributed by atoms with E-state index in [4.69, 9.17) is 19.9 Å². The van der Waals surface area contributed by atoms with Crippen molar-refractivity contribution in [3.05, 3.63) is 35.5 Å². The molecule has 2 aromatic rings. The molecule has 180 valence electrons. The lowest BCUT2D eigenvalue weighted by Crippen LogP contribution is -2.58. The quantitative estimate of drug-likeness (QED) is 0.592. The largest absolute Gasteiger partial charge is 0.497 e. The van der Waals surface area contributed by atoms with E-state index in [-0.39, 0.29) is 11.2 Å². The van der Waals surface area contributed by atoms with Gasteiger partial charge in [0.1, 0.15) is 23.2 Å². The first-order valence-corrected chi connectivity index (χ1v) is 11.9. The Morgan fingerprint density at radius 3 is 2.36 bits per heavy atom. The van der Waals surface area contributed by atoms with Crippen molar-refractivity contribution in [1.29, 1.82) is 0 Å². The van der Waals surface area contributed by atoms with Crippen molar-refractivity contribution in [3.63, 3.8) is 0 Å². The summed E-state index contributed by atoms with van der Waals surface area (Å²) in [5, 5.41) is 2.01. The van der Waals surface area contributed by atoms with Gasteiger partial charge in [-0.2, -0.15) is 0 Å². The van der Waals surface area contributed by atoms with Gasteiger partial charge < -0.3 is 30.3 Å². The van der Waals surface area contributed by atoms with Crippen LogP contribution < -0.4 is 30.3 Å². The fourth-order valence-corrected chi connectivity index (χ4v) is 4.39. The monoisotopic (exact) mass is 475 g/mol. The van der Waals surface area contributed by atoms with Crippen LogP contribution in [0.1, 0.15) is 24.2 Å². The van der Waals surface area contributed by atoms with E-state index in [2.05, 4.69) is 15.3 Å². The molecule has 0 radical (unpaired) electrons. The van der Waals surface area contributed by atoms with Crippen LogP contribution in [-0.2, 0) is 4.79 Å². The fraction of sp³-hybridized carbons (Fsp3) is 0.478. The summed E-state index contributed by atoms with van der Waals surface area (Å²) in [7, 11) is 4.83. The van der Waals surface area contributed by atoms with E-state index in [1.54, 1.807) is 27.6 Å². The molecule has 3 rings (SSSR count). The molecule has 1 aliphatic heterocycles. The molecule has 9 nitrogen and oxygen atoms in total. The average molecular weight is 476 g/mol. The molecule has 2 heterocycles. The number of aromatic nitrogens is 1. The molecule has 0 bridgehead atoms. The minimum Gasteiger partial charge on any atom is -0.497 e. The smallest absolute Gasteiger partial charge is 0.238 e. The number of piperazine rings is 1. The van der Waals surface area contributed by atoms with Crippen LogP contribution in [0.2, 0.25) is 0 Å². The van der Waals surface area contributed by atoms with Gasteiger partial charge in [0.15, 0.2) is 0 Å². The zero-order valence-electron chi connectivity index (χ0n) is 20.0. The van der Waals surface area contributed by atoms with E-state index in [1.165, 1.54) is 11.8 Å². The SMILES string of the molecule is COc1cc(OC)cc(N2CCN(Nc3cc(C(C)N)c(C)nc3OC)C(C(=O)SC)C2)c1. The predicted molar refractivity (Wildman–Crippen MR) is 133 cm³/mol. The standard InChI is InChI=1S/C23H33N5O4S/c1-14(24)19-12-20(22(32-5)25-15(19)2)26-28-8-7-27(13-21(28)23(29)33-6)16-9-17(30-3)11-18(10-16)31-4/h9-12,14,21,26H,7-8,13,24H2,1-6H3. The Bertz CT molecular complexity index is 965. The summed E-state index contributed by atoms with van der Waals surface area (Å²) in [5.74, 6) is 1.88. The highest BCUT2D eigenvalue weighted by Crippen LogP contribution is 2.32. The fourth-order valence-electron chi connectivity index (χ4n) is 3.91. The predicted octanol–water partition coefficient (Wildman–Crippen LogP) is 2.84. The number of nitrogens with two attached hydrogens (primary N) is 1. The van der Waals surface area contributed by atoms with Crippen LogP contribution in [0.3, 0.4) is 0 Å². The van der Waals surface area contributed by atoms with Crippen molar-refractivity contribution in [3.8, 4) is 17.4 Å². The lowest BCUT2D eigenvalue weighted by atomic mass is 10.1. The molecule has 33 heavy (non-hydrogen) atoms. The number of aryl methyl sites for hydroxylation is 1. The number of pyridine rings is 1. The second-order valence-electron chi connectivity index (χ2n) is 7.87.